The van der Waals surface area contributed by atoms with Crippen LogP contribution in [0.1, 0.15) is 10.4 Å². The molecule has 19 heavy (non-hydrogen) atoms. The number of hydrogen-bond acceptors (Lipinski definition) is 4. The lowest BCUT2D eigenvalue weighted by molar-refractivity contribution is 0.0601. The molecule has 0 aliphatic heterocycles. The SMILES string of the molecule is COC(=O)c1ccc2oc(=O)c3ccccc3c2c1. The van der Waals surface area contributed by atoms with Crippen molar-refractivity contribution >= 4 is 27.7 Å². The van der Waals surface area contributed by atoms with Crippen molar-refractivity contribution in [2.24, 2.45) is 0 Å². The van der Waals surface area contributed by atoms with Crippen molar-refractivity contribution in [3.05, 3.63) is 58.4 Å². The van der Waals surface area contributed by atoms with Crippen molar-refractivity contribution in [3.8, 4) is 0 Å². The maximum Gasteiger partial charge on any atom is 0.344 e. The van der Waals surface area contributed by atoms with Crippen LogP contribution < -0.4 is 5.63 Å². The molecule has 1 heterocycles. The predicted octanol–water partition coefficient (Wildman–Crippen LogP) is 2.73. The number of ether oxygens (including phenoxy) is 1. The number of hydrogen-bond donors (Lipinski definition) is 0. The van der Waals surface area contributed by atoms with Gasteiger partial charge in [-0.3, -0.25) is 0 Å². The Balaban J connectivity index is 2.44. The second-order valence-electron chi connectivity index (χ2n) is 4.14. The molecule has 4 heteroatoms. The lowest BCUT2D eigenvalue weighted by atomic mass is 10.1. The molecule has 0 radical (unpaired) electrons. The van der Waals surface area contributed by atoms with Gasteiger partial charge in [0.25, 0.3) is 0 Å². The van der Waals surface area contributed by atoms with E-state index in [9.17, 15) is 9.59 Å². The van der Waals surface area contributed by atoms with Gasteiger partial charge in [-0.25, -0.2) is 9.59 Å². The molecule has 0 unspecified atom stereocenters. The Morgan fingerprint density at radius 2 is 1.79 bits per heavy atom. The maximum atomic E-state index is 11.8. The lowest BCUT2D eigenvalue weighted by Crippen LogP contribution is -2.03. The first kappa shape index (κ1) is 11.5. The van der Waals surface area contributed by atoms with Crippen molar-refractivity contribution < 1.29 is 13.9 Å². The molecule has 0 saturated heterocycles. The highest BCUT2D eigenvalue weighted by molar-refractivity contribution is 6.06. The molecule has 0 aliphatic rings. The van der Waals surface area contributed by atoms with E-state index < -0.39 is 5.97 Å². The Bertz CT molecular complexity index is 846. The molecule has 1 aromatic heterocycles. The normalized spacial score (nSPS) is 10.8. The lowest BCUT2D eigenvalue weighted by Gasteiger charge is -2.04. The van der Waals surface area contributed by atoms with Gasteiger partial charge < -0.3 is 9.15 Å². The summed E-state index contributed by atoms with van der Waals surface area (Å²) in [5.41, 5.74) is 0.499. The number of benzene rings is 2. The Hall–Kier alpha value is -2.62. The van der Waals surface area contributed by atoms with Crippen LogP contribution in [0.2, 0.25) is 0 Å². The Labute approximate surface area is 108 Å². The first-order valence-corrected chi connectivity index (χ1v) is 5.74. The molecule has 2 aromatic carbocycles. The number of esters is 1. The summed E-state index contributed by atoms with van der Waals surface area (Å²) in [7, 11) is 1.33. The number of carbonyl (C=O) groups excluding carboxylic acids is 1. The minimum atomic E-state index is -0.419. The molecule has 0 amide bonds. The van der Waals surface area contributed by atoms with E-state index in [-0.39, 0.29) is 5.63 Å². The minimum Gasteiger partial charge on any atom is -0.465 e. The van der Waals surface area contributed by atoms with E-state index >= 15 is 0 Å². The van der Waals surface area contributed by atoms with E-state index in [1.165, 1.54) is 7.11 Å². The summed E-state index contributed by atoms with van der Waals surface area (Å²) in [6.07, 6.45) is 0. The molecule has 0 fully saturated rings. The zero-order chi connectivity index (χ0) is 13.4. The van der Waals surface area contributed by atoms with E-state index in [0.717, 1.165) is 10.8 Å². The Kier molecular flexibility index (Phi) is 2.56. The van der Waals surface area contributed by atoms with Crippen LogP contribution in [-0.4, -0.2) is 13.1 Å². The number of rotatable bonds is 1. The monoisotopic (exact) mass is 254 g/mol. The number of carbonyl (C=O) groups is 1. The van der Waals surface area contributed by atoms with Gasteiger partial charge in [0.1, 0.15) is 5.58 Å². The second kappa shape index (κ2) is 4.24. The average molecular weight is 254 g/mol. The molecular formula is C15H10O4. The summed E-state index contributed by atoms with van der Waals surface area (Å²) in [6, 6.07) is 12.0. The summed E-state index contributed by atoms with van der Waals surface area (Å²) in [5, 5.41) is 1.98. The fraction of sp³-hybridized carbons (Fsp3) is 0.0667. The molecule has 3 rings (SSSR count). The summed E-state index contributed by atoms with van der Waals surface area (Å²) in [6.45, 7) is 0. The summed E-state index contributed by atoms with van der Waals surface area (Å²) in [4.78, 5) is 23.4. The van der Waals surface area contributed by atoms with E-state index in [1.807, 2.05) is 12.1 Å². The van der Waals surface area contributed by atoms with Gasteiger partial charge in [0.15, 0.2) is 0 Å². The quantitative estimate of drug-likeness (QED) is 0.380. The molecule has 0 N–H and O–H groups in total. The van der Waals surface area contributed by atoms with Crippen LogP contribution in [0.15, 0.2) is 51.7 Å². The highest BCUT2D eigenvalue weighted by Crippen LogP contribution is 2.23. The minimum absolute atomic E-state index is 0.381. The van der Waals surface area contributed by atoms with E-state index in [1.54, 1.807) is 30.3 Å². The molecule has 0 aliphatic carbocycles. The van der Waals surface area contributed by atoms with Crippen molar-refractivity contribution in [2.45, 2.75) is 0 Å². The smallest absolute Gasteiger partial charge is 0.344 e. The van der Waals surface area contributed by atoms with Gasteiger partial charge in [0.05, 0.1) is 18.1 Å². The third-order valence-electron chi connectivity index (χ3n) is 3.04. The summed E-state index contributed by atoms with van der Waals surface area (Å²) < 4.78 is 9.93. The first-order chi connectivity index (χ1) is 9.20. The average Bonchev–Trinajstić information content (AvgIpc) is 2.46. The third kappa shape index (κ3) is 1.78. The fourth-order valence-electron chi connectivity index (χ4n) is 2.13. The zero-order valence-corrected chi connectivity index (χ0v) is 10.2. The van der Waals surface area contributed by atoms with E-state index in [2.05, 4.69) is 4.74 Å². The Morgan fingerprint density at radius 3 is 2.53 bits per heavy atom. The number of fused-ring (bicyclic) bond motifs is 3. The first-order valence-electron chi connectivity index (χ1n) is 5.74. The number of methoxy groups -OCH3 is 1. The van der Waals surface area contributed by atoms with Crippen LogP contribution in [-0.2, 0) is 4.74 Å². The molecular weight excluding hydrogens is 244 g/mol. The van der Waals surface area contributed by atoms with Crippen LogP contribution in [0.3, 0.4) is 0 Å². The van der Waals surface area contributed by atoms with Gasteiger partial charge in [-0.1, -0.05) is 18.2 Å². The van der Waals surface area contributed by atoms with Gasteiger partial charge in [0, 0.05) is 5.39 Å². The van der Waals surface area contributed by atoms with Crippen LogP contribution in [0.4, 0.5) is 0 Å². The maximum absolute atomic E-state index is 11.8. The van der Waals surface area contributed by atoms with Crippen LogP contribution in [0, 0.1) is 0 Å². The summed E-state index contributed by atoms with van der Waals surface area (Å²) >= 11 is 0. The summed E-state index contributed by atoms with van der Waals surface area (Å²) in [5.74, 6) is -0.419. The highest BCUT2D eigenvalue weighted by Gasteiger charge is 2.10. The third-order valence-corrected chi connectivity index (χ3v) is 3.04. The van der Waals surface area contributed by atoms with Gasteiger partial charge >= 0.3 is 11.6 Å². The highest BCUT2D eigenvalue weighted by atomic mass is 16.5. The van der Waals surface area contributed by atoms with Crippen molar-refractivity contribution in [2.75, 3.05) is 7.11 Å². The van der Waals surface area contributed by atoms with Gasteiger partial charge in [-0.15, -0.1) is 0 Å². The van der Waals surface area contributed by atoms with Gasteiger partial charge in [-0.05, 0) is 29.7 Å². The standard InChI is InChI=1S/C15H10O4/c1-18-14(16)9-6-7-13-12(8-9)10-4-2-3-5-11(10)15(17)19-13/h2-8H,1H3. The molecule has 0 spiro atoms. The topological polar surface area (TPSA) is 56.5 Å². The van der Waals surface area contributed by atoms with E-state index in [0.29, 0.717) is 16.5 Å². The van der Waals surface area contributed by atoms with Gasteiger partial charge in [0.2, 0.25) is 0 Å². The zero-order valence-electron chi connectivity index (χ0n) is 10.2. The van der Waals surface area contributed by atoms with Crippen molar-refractivity contribution in [3.63, 3.8) is 0 Å². The fourth-order valence-corrected chi connectivity index (χ4v) is 2.13. The predicted molar refractivity (Wildman–Crippen MR) is 71.3 cm³/mol. The largest absolute Gasteiger partial charge is 0.465 e. The molecule has 4 nitrogen and oxygen atoms in total. The molecule has 3 aromatic rings. The molecule has 94 valence electrons. The van der Waals surface area contributed by atoms with Crippen molar-refractivity contribution in [1.29, 1.82) is 0 Å². The van der Waals surface area contributed by atoms with Crippen LogP contribution in [0.25, 0.3) is 21.7 Å². The molecule has 0 atom stereocenters. The molecule has 0 saturated carbocycles. The Morgan fingerprint density at radius 1 is 1.05 bits per heavy atom. The van der Waals surface area contributed by atoms with Crippen LogP contribution in [0.5, 0.6) is 0 Å². The van der Waals surface area contributed by atoms with E-state index in [4.69, 9.17) is 4.42 Å². The van der Waals surface area contributed by atoms with Crippen LogP contribution >= 0.6 is 0 Å². The molecule has 0 bridgehead atoms. The second-order valence-corrected chi connectivity index (χ2v) is 4.14. The van der Waals surface area contributed by atoms with Gasteiger partial charge in [-0.2, -0.15) is 0 Å². The van der Waals surface area contributed by atoms with Crippen molar-refractivity contribution in [1.82, 2.24) is 0 Å².